The summed E-state index contributed by atoms with van der Waals surface area (Å²) in [7, 11) is -3.54. The van der Waals surface area contributed by atoms with Crippen LogP contribution in [0.25, 0.3) is 0 Å². The van der Waals surface area contributed by atoms with Crippen LogP contribution in [0.15, 0.2) is 65.8 Å². The number of anilines is 1. The lowest BCUT2D eigenvalue weighted by molar-refractivity contribution is -0.120. The second kappa shape index (κ2) is 9.11. The second-order valence-electron chi connectivity index (χ2n) is 8.81. The van der Waals surface area contributed by atoms with Crippen molar-refractivity contribution in [2.75, 3.05) is 18.4 Å². The minimum Gasteiger partial charge on any atom is -0.326 e. The molecule has 0 radical (unpaired) electrons. The fourth-order valence-electron chi connectivity index (χ4n) is 4.80. The van der Waals surface area contributed by atoms with Crippen LogP contribution in [-0.2, 0) is 34.2 Å². The van der Waals surface area contributed by atoms with E-state index in [1.807, 2.05) is 53.3 Å². The molecule has 7 nitrogen and oxygen atoms in total. The monoisotopic (exact) mass is 464 g/mol. The number of amides is 1. The van der Waals surface area contributed by atoms with E-state index in [1.54, 1.807) is 12.3 Å². The van der Waals surface area contributed by atoms with E-state index in [-0.39, 0.29) is 11.8 Å². The van der Waals surface area contributed by atoms with Crippen molar-refractivity contribution >= 4 is 21.6 Å². The number of nitrogens with zero attached hydrogens (tertiary/aromatic N) is 3. The smallest absolute Gasteiger partial charge is 0.243 e. The minimum absolute atomic E-state index is 0.0579. The standard InChI is InChI=1S/C25H28N4O3S/c30-25(27-24-8-2-1-5-22(24)18-28-14-4-13-26-28)20-11-15-29(16-12-20)33(31,32)23-10-9-19-6-3-7-21(19)17-23/h1-2,4-5,8-10,13-14,17,20H,3,6-7,11-12,15-16,18H2,(H,27,30). The number of hydrogen-bond acceptors (Lipinski definition) is 4. The first-order valence-electron chi connectivity index (χ1n) is 11.5. The third-order valence-corrected chi connectivity index (χ3v) is 8.59. The van der Waals surface area contributed by atoms with E-state index in [0.29, 0.717) is 37.4 Å². The van der Waals surface area contributed by atoms with Crippen molar-refractivity contribution in [1.29, 1.82) is 0 Å². The molecular formula is C25H28N4O3S. The van der Waals surface area contributed by atoms with Crippen molar-refractivity contribution in [2.24, 2.45) is 5.92 Å². The second-order valence-corrected chi connectivity index (χ2v) is 10.8. The van der Waals surface area contributed by atoms with Crippen LogP contribution in [0.2, 0.25) is 0 Å². The van der Waals surface area contributed by atoms with Gasteiger partial charge in [0, 0.05) is 37.1 Å². The predicted molar refractivity (Wildman–Crippen MR) is 126 cm³/mol. The number of hydrogen-bond donors (Lipinski definition) is 1. The van der Waals surface area contributed by atoms with Gasteiger partial charge in [-0.15, -0.1) is 0 Å². The number of fused-ring (bicyclic) bond motifs is 1. The van der Waals surface area contributed by atoms with Gasteiger partial charge in [-0.2, -0.15) is 9.40 Å². The molecule has 33 heavy (non-hydrogen) atoms. The van der Waals surface area contributed by atoms with Crippen molar-refractivity contribution in [3.8, 4) is 0 Å². The Morgan fingerprint density at radius 2 is 1.82 bits per heavy atom. The summed E-state index contributed by atoms with van der Waals surface area (Å²) >= 11 is 0. The molecule has 0 atom stereocenters. The van der Waals surface area contributed by atoms with E-state index in [2.05, 4.69) is 10.4 Å². The van der Waals surface area contributed by atoms with Crippen LogP contribution < -0.4 is 5.32 Å². The Morgan fingerprint density at radius 1 is 1.03 bits per heavy atom. The van der Waals surface area contributed by atoms with Gasteiger partial charge in [-0.3, -0.25) is 9.48 Å². The molecule has 1 fully saturated rings. The van der Waals surface area contributed by atoms with E-state index in [0.717, 1.165) is 36.1 Å². The van der Waals surface area contributed by atoms with E-state index < -0.39 is 10.0 Å². The fourth-order valence-corrected chi connectivity index (χ4v) is 6.32. The molecule has 1 aliphatic carbocycles. The zero-order chi connectivity index (χ0) is 22.8. The van der Waals surface area contributed by atoms with Gasteiger partial charge >= 0.3 is 0 Å². The van der Waals surface area contributed by atoms with E-state index in [9.17, 15) is 13.2 Å². The highest BCUT2D eigenvalue weighted by molar-refractivity contribution is 7.89. The molecule has 1 saturated heterocycles. The van der Waals surface area contributed by atoms with Gasteiger partial charge in [0.25, 0.3) is 0 Å². The molecule has 0 unspecified atom stereocenters. The molecule has 5 rings (SSSR count). The van der Waals surface area contributed by atoms with Gasteiger partial charge in [-0.1, -0.05) is 24.3 Å². The average Bonchev–Trinajstić information content (AvgIpc) is 3.52. The maximum Gasteiger partial charge on any atom is 0.243 e. The number of carbonyl (C=O) groups excluding carboxylic acids is 1. The SMILES string of the molecule is O=C(Nc1ccccc1Cn1cccn1)C1CCN(S(=O)(=O)c2ccc3c(c2)CCC3)CC1. The number of aromatic nitrogens is 2. The Hall–Kier alpha value is -2.97. The number of benzene rings is 2. The Kier molecular flexibility index (Phi) is 6.03. The quantitative estimate of drug-likeness (QED) is 0.606. The van der Waals surface area contributed by atoms with E-state index in [1.165, 1.54) is 9.87 Å². The molecule has 0 bridgehead atoms. The lowest BCUT2D eigenvalue weighted by Crippen LogP contribution is -2.41. The first-order valence-corrected chi connectivity index (χ1v) is 12.9. The van der Waals surface area contributed by atoms with Gasteiger partial charge in [0.2, 0.25) is 15.9 Å². The molecule has 2 aromatic carbocycles. The van der Waals surface area contributed by atoms with Crippen LogP contribution in [0.4, 0.5) is 5.69 Å². The molecule has 8 heteroatoms. The highest BCUT2D eigenvalue weighted by atomic mass is 32.2. The first-order chi connectivity index (χ1) is 16.0. The summed E-state index contributed by atoms with van der Waals surface area (Å²) in [4.78, 5) is 13.3. The maximum atomic E-state index is 13.2. The first kappa shape index (κ1) is 21.9. The van der Waals surface area contributed by atoms with Gasteiger partial charge in [0.15, 0.2) is 0 Å². The Morgan fingerprint density at radius 3 is 2.61 bits per heavy atom. The van der Waals surface area contributed by atoms with Crippen LogP contribution in [0.1, 0.15) is 36.0 Å². The summed E-state index contributed by atoms with van der Waals surface area (Å²) in [5.41, 5.74) is 4.16. The average molecular weight is 465 g/mol. The van der Waals surface area contributed by atoms with Gasteiger partial charge in [0.1, 0.15) is 0 Å². The molecule has 1 N–H and O–H groups in total. The molecule has 3 aromatic rings. The number of carbonyl (C=O) groups is 1. The largest absolute Gasteiger partial charge is 0.326 e. The van der Waals surface area contributed by atoms with Crippen LogP contribution in [0.5, 0.6) is 0 Å². The highest BCUT2D eigenvalue weighted by Gasteiger charge is 2.32. The molecule has 172 valence electrons. The summed E-state index contributed by atoms with van der Waals surface area (Å²) in [6.45, 7) is 1.28. The van der Waals surface area contributed by atoms with Crippen molar-refractivity contribution in [3.63, 3.8) is 0 Å². The maximum absolute atomic E-state index is 13.2. The third kappa shape index (κ3) is 4.58. The molecule has 2 aliphatic rings. The lowest BCUT2D eigenvalue weighted by atomic mass is 9.97. The molecule has 2 heterocycles. The molecule has 1 aromatic heterocycles. The summed E-state index contributed by atoms with van der Waals surface area (Å²) in [5.74, 6) is -0.272. The zero-order valence-electron chi connectivity index (χ0n) is 18.5. The van der Waals surface area contributed by atoms with Crippen LogP contribution in [0.3, 0.4) is 0 Å². The van der Waals surface area contributed by atoms with E-state index in [4.69, 9.17) is 0 Å². The molecule has 0 saturated carbocycles. The fraction of sp³-hybridized carbons (Fsp3) is 0.360. The number of sulfonamides is 1. The number of aryl methyl sites for hydroxylation is 2. The Bertz CT molecular complexity index is 1250. The van der Waals surface area contributed by atoms with Crippen molar-refractivity contribution in [3.05, 3.63) is 77.6 Å². The van der Waals surface area contributed by atoms with Crippen LogP contribution in [0, 0.1) is 5.92 Å². The molecular weight excluding hydrogens is 436 g/mol. The van der Waals surface area contributed by atoms with E-state index >= 15 is 0 Å². The summed E-state index contributed by atoms with van der Waals surface area (Å²) in [6, 6.07) is 15.1. The molecule has 1 aliphatic heterocycles. The number of para-hydroxylation sites is 1. The summed E-state index contributed by atoms with van der Waals surface area (Å²) in [5, 5.41) is 7.30. The highest BCUT2D eigenvalue weighted by Crippen LogP contribution is 2.29. The molecule has 1 amide bonds. The number of piperidine rings is 1. The zero-order valence-corrected chi connectivity index (χ0v) is 19.3. The summed E-state index contributed by atoms with van der Waals surface area (Å²) < 4.78 is 29.7. The van der Waals surface area contributed by atoms with Gasteiger partial charge in [0.05, 0.1) is 11.4 Å². The van der Waals surface area contributed by atoms with Crippen molar-refractivity contribution in [2.45, 2.75) is 43.5 Å². The normalized spacial score (nSPS) is 17.1. The van der Waals surface area contributed by atoms with Crippen molar-refractivity contribution in [1.82, 2.24) is 14.1 Å². The van der Waals surface area contributed by atoms with Crippen LogP contribution >= 0.6 is 0 Å². The van der Waals surface area contributed by atoms with Gasteiger partial charge in [-0.25, -0.2) is 8.42 Å². The topological polar surface area (TPSA) is 84.3 Å². The Labute approximate surface area is 194 Å². The molecule has 0 spiro atoms. The minimum atomic E-state index is -3.54. The predicted octanol–water partition coefficient (Wildman–Crippen LogP) is 3.46. The van der Waals surface area contributed by atoms with Crippen LogP contribution in [-0.4, -0.2) is 41.5 Å². The third-order valence-electron chi connectivity index (χ3n) is 6.70. The summed E-state index contributed by atoms with van der Waals surface area (Å²) in [6.07, 6.45) is 7.70. The Balaban J connectivity index is 1.22. The number of rotatable bonds is 6. The lowest BCUT2D eigenvalue weighted by Gasteiger charge is -2.30. The van der Waals surface area contributed by atoms with Crippen molar-refractivity contribution < 1.29 is 13.2 Å². The van der Waals surface area contributed by atoms with Gasteiger partial charge in [-0.05, 0) is 73.1 Å². The number of nitrogens with one attached hydrogen (secondary N) is 1. The van der Waals surface area contributed by atoms with Gasteiger partial charge < -0.3 is 5.32 Å².